The minimum atomic E-state index is -0.868. The summed E-state index contributed by atoms with van der Waals surface area (Å²) in [6, 6.07) is 12.9. The van der Waals surface area contributed by atoms with Gasteiger partial charge in [-0.3, -0.25) is 14.4 Å². The van der Waals surface area contributed by atoms with Crippen LogP contribution in [0.25, 0.3) is 0 Å². The molecule has 0 spiro atoms. The van der Waals surface area contributed by atoms with Gasteiger partial charge in [-0.1, -0.05) is 24.3 Å². The standard InChI is InChI=1S/C21H22FN3O4/c1-29-18-9-5-2-6-15(18)20(27)21(28)23-14-19(26)25-12-10-24(11-13-25)17-8-4-3-7-16(17)22/h2-9H,10-14H2,1H3,(H,23,28). The molecule has 1 aliphatic rings. The van der Waals surface area contributed by atoms with Crippen molar-refractivity contribution < 1.29 is 23.5 Å². The molecule has 0 aromatic heterocycles. The van der Waals surface area contributed by atoms with Gasteiger partial charge in [0.05, 0.1) is 24.9 Å². The van der Waals surface area contributed by atoms with E-state index in [0.717, 1.165) is 0 Å². The van der Waals surface area contributed by atoms with Gasteiger partial charge in [0.2, 0.25) is 5.91 Å². The first-order valence-corrected chi connectivity index (χ1v) is 9.24. The summed E-state index contributed by atoms with van der Waals surface area (Å²) in [5.74, 6) is -1.93. The first-order valence-electron chi connectivity index (χ1n) is 9.24. The fourth-order valence-electron chi connectivity index (χ4n) is 3.21. The molecule has 0 unspecified atom stereocenters. The fraction of sp³-hybridized carbons (Fsp3) is 0.286. The van der Waals surface area contributed by atoms with Crippen molar-refractivity contribution in [3.63, 3.8) is 0 Å². The summed E-state index contributed by atoms with van der Waals surface area (Å²) >= 11 is 0. The molecule has 1 saturated heterocycles. The summed E-state index contributed by atoms with van der Waals surface area (Å²) in [6.45, 7) is 1.51. The average molecular weight is 399 g/mol. The first kappa shape index (κ1) is 20.3. The van der Waals surface area contributed by atoms with E-state index in [9.17, 15) is 18.8 Å². The number of carbonyl (C=O) groups is 3. The summed E-state index contributed by atoms with van der Waals surface area (Å²) in [5.41, 5.74) is 0.647. The number of anilines is 1. The number of piperazine rings is 1. The lowest BCUT2D eigenvalue weighted by Crippen LogP contribution is -2.51. The summed E-state index contributed by atoms with van der Waals surface area (Å²) in [6.07, 6.45) is 0. The van der Waals surface area contributed by atoms with Crippen molar-refractivity contribution in [1.29, 1.82) is 0 Å². The number of nitrogens with zero attached hydrogens (tertiary/aromatic N) is 2. The maximum Gasteiger partial charge on any atom is 0.292 e. The van der Waals surface area contributed by atoms with E-state index in [-0.39, 0.29) is 23.8 Å². The molecule has 1 fully saturated rings. The number of benzene rings is 2. The second-order valence-corrected chi connectivity index (χ2v) is 6.53. The number of amides is 2. The van der Waals surface area contributed by atoms with E-state index in [4.69, 9.17) is 4.74 Å². The molecule has 0 saturated carbocycles. The van der Waals surface area contributed by atoms with Gasteiger partial charge in [0.1, 0.15) is 11.6 Å². The molecule has 1 heterocycles. The van der Waals surface area contributed by atoms with E-state index in [1.165, 1.54) is 19.2 Å². The zero-order chi connectivity index (χ0) is 20.8. The molecule has 152 valence electrons. The number of ketones is 1. The van der Waals surface area contributed by atoms with E-state index in [1.54, 1.807) is 41.3 Å². The van der Waals surface area contributed by atoms with Gasteiger partial charge in [0, 0.05) is 26.2 Å². The van der Waals surface area contributed by atoms with Crippen molar-refractivity contribution in [2.24, 2.45) is 0 Å². The molecular formula is C21H22FN3O4. The van der Waals surface area contributed by atoms with Crippen LogP contribution in [-0.2, 0) is 9.59 Å². The lowest BCUT2D eigenvalue weighted by Gasteiger charge is -2.36. The minimum absolute atomic E-state index is 0.137. The van der Waals surface area contributed by atoms with Crippen molar-refractivity contribution in [2.45, 2.75) is 0 Å². The van der Waals surface area contributed by atoms with Crippen LogP contribution in [0, 0.1) is 5.82 Å². The van der Waals surface area contributed by atoms with E-state index >= 15 is 0 Å². The number of methoxy groups -OCH3 is 1. The van der Waals surface area contributed by atoms with Gasteiger partial charge in [-0.25, -0.2) is 4.39 Å². The molecule has 0 aliphatic carbocycles. The molecular weight excluding hydrogens is 377 g/mol. The molecule has 7 nitrogen and oxygen atoms in total. The Bertz CT molecular complexity index is 910. The van der Waals surface area contributed by atoms with Crippen LogP contribution in [0.2, 0.25) is 0 Å². The normalized spacial score (nSPS) is 13.7. The van der Waals surface area contributed by atoms with Crippen LogP contribution < -0.4 is 15.0 Å². The SMILES string of the molecule is COc1ccccc1C(=O)C(=O)NCC(=O)N1CCN(c2ccccc2F)CC1. The lowest BCUT2D eigenvalue weighted by molar-refractivity contribution is -0.132. The van der Waals surface area contributed by atoms with Crippen LogP contribution in [0.3, 0.4) is 0 Å². The highest BCUT2D eigenvalue weighted by Crippen LogP contribution is 2.20. The Morgan fingerprint density at radius 2 is 1.66 bits per heavy atom. The number of carbonyl (C=O) groups excluding carboxylic acids is 3. The molecule has 0 atom stereocenters. The lowest BCUT2D eigenvalue weighted by atomic mass is 10.1. The van der Waals surface area contributed by atoms with Crippen LogP contribution in [0.4, 0.5) is 10.1 Å². The summed E-state index contributed by atoms with van der Waals surface area (Å²) in [5, 5.41) is 2.37. The molecule has 1 N–H and O–H groups in total. The molecule has 0 bridgehead atoms. The number of hydrogen-bond donors (Lipinski definition) is 1. The minimum Gasteiger partial charge on any atom is -0.496 e. The molecule has 29 heavy (non-hydrogen) atoms. The smallest absolute Gasteiger partial charge is 0.292 e. The van der Waals surface area contributed by atoms with Crippen LogP contribution >= 0.6 is 0 Å². The largest absolute Gasteiger partial charge is 0.496 e. The fourth-order valence-corrected chi connectivity index (χ4v) is 3.21. The van der Waals surface area contributed by atoms with Crippen LogP contribution in [0.1, 0.15) is 10.4 Å². The predicted molar refractivity (Wildman–Crippen MR) is 106 cm³/mol. The van der Waals surface area contributed by atoms with E-state index in [2.05, 4.69) is 5.32 Å². The molecule has 2 aromatic rings. The number of hydrogen-bond acceptors (Lipinski definition) is 5. The van der Waals surface area contributed by atoms with Crippen LogP contribution in [0.5, 0.6) is 5.75 Å². The summed E-state index contributed by atoms with van der Waals surface area (Å²) < 4.78 is 19.0. The highest BCUT2D eigenvalue weighted by molar-refractivity contribution is 6.43. The maximum atomic E-state index is 13.9. The monoisotopic (exact) mass is 399 g/mol. The Labute approximate surface area is 168 Å². The van der Waals surface area contributed by atoms with Crippen LogP contribution in [0.15, 0.2) is 48.5 Å². The van der Waals surface area contributed by atoms with Gasteiger partial charge in [-0.2, -0.15) is 0 Å². The molecule has 8 heteroatoms. The highest BCUT2D eigenvalue weighted by atomic mass is 19.1. The number of ether oxygens (including phenoxy) is 1. The molecule has 1 aliphatic heterocycles. The van der Waals surface area contributed by atoms with Gasteiger partial charge < -0.3 is 19.9 Å². The zero-order valence-corrected chi connectivity index (χ0v) is 16.1. The number of rotatable bonds is 6. The number of para-hydroxylation sites is 2. The second-order valence-electron chi connectivity index (χ2n) is 6.53. The highest BCUT2D eigenvalue weighted by Gasteiger charge is 2.25. The average Bonchev–Trinajstić information content (AvgIpc) is 2.77. The van der Waals surface area contributed by atoms with E-state index in [0.29, 0.717) is 37.6 Å². The number of halogens is 1. The topological polar surface area (TPSA) is 78.9 Å². The van der Waals surface area contributed by atoms with Crippen molar-refractivity contribution in [2.75, 3.05) is 44.7 Å². The molecule has 0 radical (unpaired) electrons. The molecule has 2 amide bonds. The number of nitrogens with one attached hydrogen (secondary N) is 1. The third-order valence-electron chi connectivity index (χ3n) is 4.78. The van der Waals surface area contributed by atoms with E-state index < -0.39 is 11.7 Å². The van der Waals surface area contributed by atoms with Crippen molar-refractivity contribution in [3.05, 3.63) is 59.9 Å². The third kappa shape index (κ3) is 4.71. The van der Waals surface area contributed by atoms with Crippen LogP contribution in [-0.4, -0.2) is 62.3 Å². The van der Waals surface area contributed by atoms with Gasteiger partial charge in [-0.05, 0) is 24.3 Å². The number of Topliss-reactive ketones (excluding diaryl/α,β-unsaturated/α-hetero) is 1. The zero-order valence-electron chi connectivity index (χ0n) is 16.1. The maximum absolute atomic E-state index is 13.9. The Hall–Kier alpha value is -3.42. The Balaban J connectivity index is 1.51. The molecule has 3 rings (SSSR count). The predicted octanol–water partition coefficient (Wildman–Crippen LogP) is 1.48. The first-order chi connectivity index (χ1) is 14.0. The quantitative estimate of drug-likeness (QED) is 0.588. The van der Waals surface area contributed by atoms with Crippen molar-refractivity contribution in [3.8, 4) is 5.75 Å². The third-order valence-corrected chi connectivity index (χ3v) is 4.78. The van der Waals surface area contributed by atoms with Gasteiger partial charge in [0.15, 0.2) is 0 Å². The van der Waals surface area contributed by atoms with Gasteiger partial charge in [0.25, 0.3) is 11.7 Å². The molecule has 2 aromatic carbocycles. The van der Waals surface area contributed by atoms with E-state index in [1.807, 2.05) is 4.90 Å². The van der Waals surface area contributed by atoms with Crippen molar-refractivity contribution in [1.82, 2.24) is 10.2 Å². The summed E-state index contributed by atoms with van der Waals surface area (Å²) in [7, 11) is 1.41. The van der Waals surface area contributed by atoms with Gasteiger partial charge >= 0.3 is 0 Å². The Morgan fingerprint density at radius 1 is 1.00 bits per heavy atom. The Morgan fingerprint density at radius 3 is 2.34 bits per heavy atom. The van der Waals surface area contributed by atoms with Crippen molar-refractivity contribution >= 4 is 23.3 Å². The summed E-state index contributed by atoms with van der Waals surface area (Å²) in [4.78, 5) is 40.3. The Kier molecular flexibility index (Phi) is 6.43. The second kappa shape index (κ2) is 9.18. The van der Waals surface area contributed by atoms with Gasteiger partial charge in [-0.15, -0.1) is 0 Å².